The number of aliphatic hydroxyl groups is 2. The Morgan fingerprint density at radius 2 is 1.74 bits per heavy atom. The van der Waals surface area contributed by atoms with E-state index in [1.807, 2.05) is 0 Å². The average molecular weight is 616 g/mol. The summed E-state index contributed by atoms with van der Waals surface area (Å²) >= 11 is 6.09. The zero-order valence-electron chi connectivity index (χ0n) is 23.0. The van der Waals surface area contributed by atoms with Crippen LogP contribution in [0.3, 0.4) is 0 Å². The van der Waals surface area contributed by atoms with Gasteiger partial charge >= 0.3 is 11.9 Å². The number of carboxylic acids is 2. The number of piperidine rings is 1. The summed E-state index contributed by atoms with van der Waals surface area (Å²) in [7, 11) is 3.13. The largest absolute Gasteiger partial charge is 0.496 e. The van der Waals surface area contributed by atoms with Crippen LogP contribution >= 0.6 is 11.6 Å². The number of nitrogens with one attached hydrogen (secondary N) is 1. The molecule has 1 aliphatic heterocycles. The van der Waals surface area contributed by atoms with Gasteiger partial charge < -0.3 is 50.6 Å². The molecule has 1 aliphatic rings. The molecule has 0 radical (unpaired) electrons. The number of ether oxygens (including phenoxy) is 3. The van der Waals surface area contributed by atoms with E-state index in [1.165, 1.54) is 25.3 Å². The highest BCUT2D eigenvalue weighted by Gasteiger charge is 2.31. The van der Waals surface area contributed by atoms with Crippen LogP contribution in [0.2, 0.25) is 5.02 Å². The van der Waals surface area contributed by atoms with E-state index >= 15 is 0 Å². The van der Waals surface area contributed by atoms with Crippen LogP contribution < -0.4 is 20.5 Å². The number of nitrogen functional groups attached to an aromatic ring is 1. The number of hydrogen-bond donors (Lipinski definition) is 6. The van der Waals surface area contributed by atoms with Gasteiger partial charge in [0.25, 0.3) is 5.91 Å². The number of anilines is 1. The number of nitrogens with zero attached hydrogens (tertiary/aromatic N) is 1. The van der Waals surface area contributed by atoms with Crippen molar-refractivity contribution in [2.75, 3.05) is 46.2 Å². The van der Waals surface area contributed by atoms with Gasteiger partial charge in [-0.15, -0.1) is 0 Å². The molecule has 2 unspecified atom stereocenters. The Balaban J connectivity index is 0.000000528. The smallest absolute Gasteiger partial charge is 0.335 e. The molecule has 2 aromatic rings. The minimum Gasteiger partial charge on any atom is -0.496 e. The third-order valence-electron chi connectivity index (χ3n) is 6.33. The summed E-state index contributed by atoms with van der Waals surface area (Å²) in [5, 5.41) is 35.9. The fourth-order valence-electron chi connectivity index (χ4n) is 4.03. The highest BCUT2D eigenvalue weighted by atomic mass is 35.5. The molecule has 7 N–H and O–H groups in total. The van der Waals surface area contributed by atoms with E-state index in [0.29, 0.717) is 40.9 Å². The Morgan fingerprint density at radius 1 is 1.12 bits per heavy atom. The summed E-state index contributed by atoms with van der Waals surface area (Å²) in [5.41, 5.74) is 6.49. The lowest BCUT2D eigenvalue weighted by molar-refractivity contribution is -0.165. The van der Waals surface area contributed by atoms with E-state index in [1.54, 1.807) is 25.3 Å². The molecule has 2 aromatic carbocycles. The summed E-state index contributed by atoms with van der Waals surface area (Å²) in [5.74, 6) is -3.07. The number of amides is 1. The first-order chi connectivity index (χ1) is 19.9. The van der Waals surface area contributed by atoms with Crippen molar-refractivity contribution in [1.82, 2.24) is 10.2 Å². The van der Waals surface area contributed by atoms with E-state index in [0.717, 1.165) is 25.9 Å². The van der Waals surface area contributed by atoms with Crippen molar-refractivity contribution in [2.24, 2.45) is 0 Å². The Hall–Kier alpha value is -3.69. The second-order valence-corrected chi connectivity index (χ2v) is 9.65. The van der Waals surface area contributed by atoms with Crippen molar-refractivity contribution < 1.29 is 53.4 Å². The molecular formula is C27H35ClFN3O10. The molecule has 0 saturated carbocycles. The molecule has 1 fully saturated rings. The zero-order chi connectivity index (χ0) is 31.4. The second kappa shape index (κ2) is 16.7. The van der Waals surface area contributed by atoms with Crippen molar-refractivity contribution in [3.05, 3.63) is 52.8 Å². The maximum absolute atomic E-state index is 12.9. The van der Waals surface area contributed by atoms with E-state index in [9.17, 15) is 18.8 Å². The van der Waals surface area contributed by atoms with Gasteiger partial charge in [-0.3, -0.25) is 4.79 Å². The summed E-state index contributed by atoms with van der Waals surface area (Å²) in [6.45, 7) is 2.89. The minimum absolute atomic E-state index is 0.139. The van der Waals surface area contributed by atoms with Crippen molar-refractivity contribution in [3.63, 3.8) is 0 Å². The molecule has 0 spiro atoms. The van der Waals surface area contributed by atoms with Crippen LogP contribution in [0.1, 0.15) is 23.2 Å². The Kier molecular flexibility index (Phi) is 13.7. The van der Waals surface area contributed by atoms with Gasteiger partial charge in [0.2, 0.25) is 0 Å². The van der Waals surface area contributed by atoms with Crippen LogP contribution in [0.4, 0.5) is 10.1 Å². The Bertz CT molecular complexity index is 1190. The van der Waals surface area contributed by atoms with Gasteiger partial charge in [0, 0.05) is 32.8 Å². The first-order valence-electron chi connectivity index (χ1n) is 12.8. The number of aliphatic carboxylic acids is 2. The number of methoxy groups -OCH3 is 2. The Morgan fingerprint density at radius 3 is 2.29 bits per heavy atom. The number of carbonyl (C=O) groups excluding carboxylic acids is 1. The van der Waals surface area contributed by atoms with E-state index in [2.05, 4.69) is 10.2 Å². The highest BCUT2D eigenvalue weighted by molar-refractivity contribution is 6.33. The van der Waals surface area contributed by atoms with Crippen LogP contribution in [0, 0.1) is 5.82 Å². The normalized spacial score (nSPS) is 18.1. The summed E-state index contributed by atoms with van der Waals surface area (Å²) in [4.78, 5) is 34.7. The first-order valence-corrected chi connectivity index (χ1v) is 13.1. The molecular weight excluding hydrogens is 581 g/mol. The van der Waals surface area contributed by atoms with Gasteiger partial charge in [-0.05, 0) is 43.2 Å². The van der Waals surface area contributed by atoms with Crippen molar-refractivity contribution >= 4 is 35.1 Å². The molecule has 232 valence electrons. The predicted molar refractivity (Wildman–Crippen MR) is 149 cm³/mol. The van der Waals surface area contributed by atoms with Crippen molar-refractivity contribution in [3.8, 4) is 11.5 Å². The van der Waals surface area contributed by atoms with Crippen LogP contribution in [-0.2, 0) is 14.3 Å². The molecule has 0 aliphatic carbocycles. The Labute approximate surface area is 246 Å². The molecule has 4 atom stereocenters. The lowest BCUT2D eigenvalue weighted by Gasteiger charge is -2.38. The lowest BCUT2D eigenvalue weighted by Crippen LogP contribution is -2.55. The highest BCUT2D eigenvalue weighted by Crippen LogP contribution is 2.29. The number of hydrogen-bond acceptors (Lipinski definition) is 10. The lowest BCUT2D eigenvalue weighted by atomic mass is 10.0. The topological polar surface area (TPSA) is 201 Å². The summed E-state index contributed by atoms with van der Waals surface area (Å²) in [6.07, 6.45) is -3.11. The molecule has 3 rings (SSSR count). The maximum Gasteiger partial charge on any atom is 0.335 e. The fourth-order valence-corrected chi connectivity index (χ4v) is 4.19. The molecule has 0 aromatic heterocycles. The minimum atomic E-state index is -2.27. The number of rotatable bonds is 12. The molecule has 1 saturated heterocycles. The zero-order valence-corrected chi connectivity index (χ0v) is 23.8. The first kappa shape index (κ1) is 34.5. The number of carboxylic acid groups (broad SMARTS) is 2. The van der Waals surface area contributed by atoms with E-state index < -0.39 is 24.1 Å². The summed E-state index contributed by atoms with van der Waals surface area (Å²) in [6, 6.07) is 8.92. The van der Waals surface area contributed by atoms with Crippen molar-refractivity contribution in [1.29, 1.82) is 0 Å². The van der Waals surface area contributed by atoms with E-state index in [4.69, 9.17) is 52.0 Å². The number of nitrogens with two attached hydrogens (primary N) is 1. The molecule has 42 heavy (non-hydrogen) atoms. The number of halogens is 2. The number of likely N-dealkylation sites (tertiary alicyclic amines) is 1. The van der Waals surface area contributed by atoms with Gasteiger partial charge in [-0.25, -0.2) is 14.0 Å². The van der Waals surface area contributed by atoms with Crippen LogP contribution in [-0.4, -0.2) is 108 Å². The number of benzene rings is 2. The standard InChI is InChI=1S/C23H29ClFN3O4.C4H6O6/c1-30-21-13-19(26)18(24)12-17(21)23(29)27-20-8-10-28(14-22(20)31-2)9-3-11-32-16-6-4-15(25)5-7-16;5-1(3(7)8)2(6)4(9)10/h4-7,12-13,20,22H,3,8-11,14,26H2,1-2H3,(H,27,29);1-2,5-6H,(H,7,8)(H,9,10)/t20-,22-;/m1./s1. The maximum atomic E-state index is 12.9. The molecule has 1 amide bonds. The van der Waals surface area contributed by atoms with Crippen LogP contribution in [0.25, 0.3) is 0 Å². The second-order valence-electron chi connectivity index (χ2n) is 9.24. The van der Waals surface area contributed by atoms with Crippen LogP contribution in [0.5, 0.6) is 11.5 Å². The predicted octanol–water partition coefficient (Wildman–Crippen LogP) is 1.24. The van der Waals surface area contributed by atoms with Gasteiger partial charge in [0.15, 0.2) is 12.2 Å². The molecule has 1 heterocycles. The molecule has 13 nitrogen and oxygen atoms in total. The quantitative estimate of drug-likeness (QED) is 0.148. The third-order valence-corrected chi connectivity index (χ3v) is 6.66. The summed E-state index contributed by atoms with van der Waals surface area (Å²) < 4.78 is 29.5. The van der Waals surface area contributed by atoms with Crippen LogP contribution in [0.15, 0.2) is 36.4 Å². The van der Waals surface area contributed by atoms with Gasteiger partial charge in [0.1, 0.15) is 17.3 Å². The average Bonchev–Trinajstić information content (AvgIpc) is 2.97. The molecule has 0 bridgehead atoms. The number of carbonyl (C=O) groups is 3. The van der Waals surface area contributed by atoms with Crippen molar-refractivity contribution in [2.45, 2.75) is 37.2 Å². The molecule has 15 heteroatoms. The number of aliphatic hydroxyl groups excluding tert-OH is 2. The van der Waals surface area contributed by atoms with Gasteiger partial charge in [-0.1, -0.05) is 11.6 Å². The van der Waals surface area contributed by atoms with Gasteiger partial charge in [0.05, 0.1) is 42.1 Å². The fraction of sp³-hybridized carbons (Fsp3) is 0.444. The SMILES string of the molecule is COc1cc(N)c(Cl)cc1C(=O)N[C@@H]1CCN(CCCOc2ccc(F)cc2)C[C@H]1OC.O=C(O)C(O)C(O)C(=O)O. The van der Waals surface area contributed by atoms with E-state index in [-0.39, 0.29) is 23.9 Å². The third kappa shape index (κ3) is 10.3. The van der Waals surface area contributed by atoms with Gasteiger partial charge in [-0.2, -0.15) is 0 Å². The monoisotopic (exact) mass is 615 g/mol.